The summed E-state index contributed by atoms with van der Waals surface area (Å²) in [6.07, 6.45) is 10.8. The van der Waals surface area contributed by atoms with Crippen LogP contribution in [0.15, 0.2) is 0 Å². The van der Waals surface area contributed by atoms with E-state index in [4.69, 9.17) is 14.9 Å². The highest BCUT2D eigenvalue weighted by Crippen LogP contribution is 2.29. The van der Waals surface area contributed by atoms with Crippen LogP contribution in [0, 0.1) is 0 Å². The molecule has 0 aromatic carbocycles. The molecule has 0 radical (unpaired) electrons. The van der Waals surface area contributed by atoms with Crippen molar-refractivity contribution in [1.29, 1.82) is 0 Å². The Hall–Kier alpha value is -0.120. The van der Waals surface area contributed by atoms with Gasteiger partial charge in [0.05, 0.1) is 25.4 Å². The van der Waals surface area contributed by atoms with Gasteiger partial charge in [0.15, 0.2) is 0 Å². The SMILES string of the molecule is C1CCC(OC2CCC2)C1.OCCO. The summed E-state index contributed by atoms with van der Waals surface area (Å²) >= 11 is 0. The molecule has 0 heterocycles. The lowest BCUT2D eigenvalue weighted by Crippen LogP contribution is -2.26. The Balaban J connectivity index is 0.000000213. The molecule has 0 saturated heterocycles. The normalized spacial score (nSPS) is 22.7. The minimum absolute atomic E-state index is 0.125. The van der Waals surface area contributed by atoms with Crippen LogP contribution in [-0.2, 0) is 4.74 Å². The summed E-state index contributed by atoms with van der Waals surface area (Å²) < 4.78 is 5.85. The van der Waals surface area contributed by atoms with Crippen molar-refractivity contribution in [2.45, 2.75) is 57.2 Å². The predicted octanol–water partition coefficient (Wildman–Crippen LogP) is 1.47. The van der Waals surface area contributed by atoms with Gasteiger partial charge in [0.25, 0.3) is 0 Å². The molecule has 3 heteroatoms. The standard InChI is InChI=1S/C9H16O.C2H6O2/c1-2-5-8(4-1)10-9-6-3-7-9;3-1-2-4/h8-9H,1-7H2;3-4H,1-2H2. The zero-order valence-corrected chi connectivity index (χ0v) is 8.82. The van der Waals surface area contributed by atoms with Gasteiger partial charge in [-0.05, 0) is 32.1 Å². The van der Waals surface area contributed by atoms with Crippen LogP contribution in [0.4, 0.5) is 0 Å². The van der Waals surface area contributed by atoms with Crippen LogP contribution in [-0.4, -0.2) is 35.6 Å². The predicted molar refractivity (Wildman–Crippen MR) is 55.2 cm³/mol. The molecule has 2 N–H and O–H groups in total. The average molecular weight is 202 g/mol. The first-order chi connectivity index (χ1) is 6.86. The number of hydrogen-bond donors (Lipinski definition) is 2. The van der Waals surface area contributed by atoms with E-state index in [0.29, 0.717) is 12.2 Å². The number of aliphatic hydroxyl groups excluding tert-OH is 2. The van der Waals surface area contributed by atoms with Gasteiger partial charge in [-0.15, -0.1) is 0 Å². The van der Waals surface area contributed by atoms with Crippen LogP contribution in [0.1, 0.15) is 44.9 Å². The lowest BCUT2D eigenvalue weighted by atomic mass is 9.96. The van der Waals surface area contributed by atoms with Crippen LogP contribution in [0.3, 0.4) is 0 Å². The fraction of sp³-hybridized carbons (Fsp3) is 1.00. The van der Waals surface area contributed by atoms with Crippen molar-refractivity contribution in [3.05, 3.63) is 0 Å². The largest absolute Gasteiger partial charge is 0.394 e. The van der Waals surface area contributed by atoms with Gasteiger partial charge >= 0.3 is 0 Å². The van der Waals surface area contributed by atoms with E-state index in [9.17, 15) is 0 Å². The van der Waals surface area contributed by atoms with Crippen molar-refractivity contribution in [2.24, 2.45) is 0 Å². The Morgan fingerprint density at radius 1 is 0.786 bits per heavy atom. The second-order valence-electron chi connectivity index (χ2n) is 4.04. The van der Waals surface area contributed by atoms with E-state index in [1.807, 2.05) is 0 Å². The minimum atomic E-state index is -0.125. The van der Waals surface area contributed by atoms with E-state index in [1.54, 1.807) is 0 Å². The van der Waals surface area contributed by atoms with Crippen LogP contribution in [0.2, 0.25) is 0 Å². The first-order valence-electron chi connectivity index (χ1n) is 5.74. The van der Waals surface area contributed by atoms with Crippen molar-refractivity contribution in [3.8, 4) is 0 Å². The molecule has 0 unspecified atom stereocenters. The maximum atomic E-state index is 7.62. The molecule has 0 aliphatic heterocycles. The van der Waals surface area contributed by atoms with Crippen molar-refractivity contribution in [3.63, 3.8) is 0 Å². The van der Waals surface area contributed by atoms with Gasteiger partial charge in [0.1, 0.15) is 0 Å². The highest BCUT2D eigenvalue weighted by Gasteiger charge is 2.24. The van der Waals surface area contributed by atoms with Crippen molar-refractivity contribution in [1.82, 2.24) is 0 Å². The number of hydrogen-bond acceptors (Lipinski definition) is 3. The highest BCUT2D eigenvalue weighted by molar-refractivity contribution is 4.74. The van der Waals surface area contributed by atoms with Crippen molar-refractivity contribution >= 4 is 0 Å². The van der Waals surface area contributed by atoms with Gasteiger partial charge in [-0.3, -0.25) is 0 Å². The molecule has 2 fully saturated rings. The van der Waals surface area contributed by atoms with Crippen LogP contribution in [0.5, 0.6) is 0 Å². The molecule has 0 bridgehead atoms. The van der Waals surface area contributed by atoms with Gasteiger partial charge in [0, 0.05) is 0 Å². The summed E-state index contributed by atoms with van der Waals surface area (Å²) in [5.74, 6) is 0. The third-order valence-corrected chi connectivity index (χ3v) is 2.84. The molecule has 14 heavy (non-hydrogen) atoms. The summed E-state index contributed by atoms with van der Waals surface area (Å²) in [7, 11) is 0. The van der Waals surface area contributed by atoms with Crippen LogP contribution >= 0.6 is 0 Å². The Labute approximate surface area is 86.1 Å². The molecular weight excluding hydrogens is 180 g/mol. The van der Waals surface area contributed by atoms with E-state index in [2.05, 4.69) is 0 Å². The maximum Gasteiger partial charge on any atom is 0.0662 e. The Kier molecular flexibility index (Phi) is 6.15. The van der Waals surface area contributed by atoms with E-state index in [1.165, 1.54) is 44.9 Å². The Bertz CT molecular complexity index is 126. The summed E-state index contributed by atoms with van der Waals surface area (Å²) in [5.41, 5.74) is 0. The molecule has 3 nitrogen and oxygen atoms in total. The fourth-order valence-corrected chi connectivity index (χ4v) is 1.80. The minimum Gasteiger partial charge on any atom is -0.394 e. The van der Waals surface area contributed by atoms with Crippen molar-refractivity contribution in [2.75, 3.05) is 13.2 Å². The van der Waals surface area contributed by atoms with Gasteiger partial charge < -0.3 is 14.9 Å². The topological polar surface area (TPSA) is 49.7 Å². The average Bonchev–Trinajstić information content (AvgIpc) is 2.64. The monoisotopic (exact) mass is 202 g/mol. The van der Waals surface area contributed by atoms with Crippen LogP contribution in [0.25, 0.3) is 0 Å². The molecule has 2 rings (SSSR count). The summed E-state index contributed by atoms with van der Waals surface area (Å²) in [6, 6.07) is 0. The number of rotatable bonds is 3. The zero-order chi connectivity index (χ0) is 10.2. The Morgan fingerprint density at radius 2 is 1.21 bits per heavy atom. The Morgan fingerprint density at radius 3 is 1.50 bits per heavy atom. The summed E-state index contributed by atoms with van der Waals surface area (Å²) in [5, 5.41) is 15.2. The lowest BCUT2D eigenvalue weighted by Gasteiger charge is -2.28. The lowest BCUT2D eigenvalue weighted by molar-refractivity contribution is -0.0474. The quantitative estimate of drug-likeness (QED) is 0.728. The molecule has 0 spiro atoms. The first-order valence-corrected chi connectivity index (χ1v) is 5.74. The third-order valence-electron chi connectivity index (χ3n) is 2.84. The molecule has 84 valence electrons. The fourth-order valence-electron chi connectivity index (χ4n) is 1.80. The number of aliphatic hydroxyl groups is 2. The van der Waals surface area contributed by atoms with Crippen LogP contribution < -0.4 is 0 Å². The van der Waals surface area contributed by atoms with Gasteiger partial charge in [-0.25, -0.2) is 0 Å². The van der Waals surface area contributed by atoms with Crippen molar-refractivity contribution < 1.29 is 14.9 Å². The van der Waals surface area contributed by atoms with Gasteiger partial charge in [-0.1, -0.05) is 12.8 Å². The highest BCUT2D eigenvalue weighted by atomic mass is 16.5. The van der Waals surface area contributed by atoms with E-state index in [0.717, 1.165) is 0 Å². The number of ether oxygens (including phenoxy) is 1. The summed E-state index contributed by atoms with van der Waals surface area (Å²) in [4.78, 5) is 0. The van der Waals surface area contributed by atoms with Gasteiger partial charge in [-0.2, -0.15) is 0 Å². The molecule has 0 amide bonds. The maximum absolute atomic E-state index is 7.62. The molecule has 0 atom stereocenters. The molecule has 2 aliphatic carbocycles. The zero-order valence-electron chi connectivity index (χ0n) is 8.82. The molecule has 2 saturated carbocycles. The molecule has 2 aliphatic rings. The van der Waals surface area contributed by atoms with E-state index in [-0.39, 0.29) is 13.2 Å². The van der Waals surface area contributed by atoms with E-state index >= 15 is 0 Å². The smallest absolute Gasteiger partial charge is 0.0662 e. The summed E-state index contributed by atoms with van der Waals surface area (Å²) in [6.45, 7) is -0.250. The molecule has 0 aromatic heterocycles. The third kappa shape index (κ3) is 4.40. The second-order valence-corrected chi connectivity index (χ2v) is 4.04. The molecular formula is C11H22O3. The van der Waals surface area contributed by atoms with E-state index < -0.39 is 0 Å². The second kappa shape index (κ2) is 7.21. The van der Waals surface area contributed by atoms with Gasteiger partial charge in [0.2, 0.25) is 0 Å². The molecule has 0 aromatic rings. The first kappa shape index (κ1) is 12.0.